The molecule has 0 saturated carbocycles. The minimum Gasteiger partial charge on any atom is -0.507 e. The molecule has 4 heteroatoms. The Morgan fingerprint density at radius 3 is 2.07 bits per heavy atom. The summed E-state index contributed by atoms with van der Waals surface area (Å²) in [7, 11) is 0. The van der Waals surface area contributed by atoms with E-state index in [1.165, 1.54) is 18.2 Å². The molecule has 76 valence electrons. The van der Waals surface area contributed by atoms with Crippen molar-refractivity contribution in [2.45, 2.75) is 13.8 Å². The van der Waals surface area contributed by atoms with Crippen molar-refractivity contribution in [3.8, 4) is 11.5 Å². The van der Waals surface area contributed by atoms with E-state index in [1.54, 1.807) is 13.8 Å². The first-order chi connectivity index (χ1) is 6.57. The van der Waals surface area contributed by atoms with Gasteiger partial charge in [-0.1, -0.05) is 25.1 Å². The first-order valence-corrected chi connectivity index (χ1v) is 4.31. The summed E-state index contributed by atoms with van der Waals surface area (Å²) in [6, 6.07) is 4.38. The Kier molecular flexibility index (Phi) is 2.96. The van der Waals surface area contributed by atoms with Crippen LogP contribution >= 0.6 is 0 Å². The number of phenols is 2. The molecule has 0 aliphatic carbocycles. The molecule has 0 aromatic heterocycles. The molecule has 1 aromatic rings. The molecule has 0 amide bonds. The van der Waals surface area contributed by atoms with Crippen LogP contribution < -0.4 is 0 Å². The number of rotatable bonds is 2. The third-order valence-corrected chi connectivity index (χ3v) is 1.93. The van der Waals surface area contributed by atoms with Crippen molar-refractivity contribution >= 4 is 5.71 Å². The predicted molar refractivity (Wildman–Crippen MR) is 52.9 cm³/mol. The fourth-order valence-corrected chi connectivity index (χ4v) is 1.24. The van der Waals surface area contributed by atoms with Gasteiger partial charge in [-0.15, -0.1) is 0 Å². The van der Waals surface area contributed by atoms with Crippen LogP contribution in [-0.2, 0) is 0 Å². The summed E-state index contributed by atoms with van der Waals surface area (Å²) in [5.74, 6) is -0.266. The van der Waals surface area contributed by atoms with Crippen LogP contribution in [0.25, 0.3) is 0 Å². The smallest absolute Gasteiger partial charge is 0.128 e. The predicted octanol–water partition coefficient (Wildman–Crippen LogP) is 1.93. The number of hydrogen-bond donors (Lipinski definition) is 3. The van der Waals surface area contributed by atoms with Crippen LogP contribution in [-0.4, -0.2) is 21.1 Å². The third-order valence-electron chi connectivity index (χ3n) is 1.93. The Morgan fingerprint density at radius 2 is 1.71 bits per heavy atom. The Morgan fingerprint density at radius 1 is 1.21 bits per heavy atom. The topological polar surface area (TPSA) is 73.1 Å². The van der Waals surface area contributed by atoms with Gasteiger partial charge in [0.2, 0.25) is 0 Å². The maximum absolute atomic E-state index is 9.49. The lowest BCUT2D eigenvalue weighted by Crippen LogP contribution is -2.09. The molecular formula is C10H13NO3. The largest absolute Gasteiger partial charge is 0.507 e. The second-order valence-corrected chi connectivity index (χ2v) is 3.31. The summed E-state index contributed by atoms with van der Waals surface area (Å²) >= 11 is 0. The highest BCUT2D eigenvalue weighted by molar-refractivity contribution is 6.05. The van der Waals surface area contributed by atoms with Crippen molar-refractivity contribution in [2.24, 2.45) is 11.1 Å². The Bertz CT molecular complexity index is 338. The molecule has 0 spiro atoms. The van der Waals surface area contributed by atoms with Crippen LogP contribution in [0.4, 0.5) is 0 Å². The maximum Gasteiger partial charge on any atom is 0.128 e. The highest BCUT2D eigenvalue weighted by Crippen LogP contribution is 2.29. The van der Waals surface area contributed by atoms with E-state index >= 15 is 0 Å². The lowest BCUT2D eigenvalue weighted by molar-refractivity contribution is 0.315. The van der Waals surface area contributed by atoms with E-state index in [0.717, 1.165) is 0 Å². The van der Waals surface area contributed by atoms with E-state index in [2.05, 4.69) is 5.16 Å². The zero-order valence-electron chi connectivity index (χ0n) is 8.10. The number of hydrogen-bond acceptors (Lipinski definition) is 4. The molecule has 1 aromatic carbocycles. The number of oxime groups is 1. The van der Waals surface area contributed by atoms with Crippen molar-refractivity contribution in [3.63, 3.8) is 0 Å². The quantitative estimate of drug-likeness (QED) is 0.383. The molecule has 1 rings (SSSR count). The zero-order chi connectivity index (χ0) is 10.7. The van der Waals surface area contributed by atoms with Crippen molar-refractivity contribution in [3.05, 3.63) is 23.8 Å². The van der Waals surface area contributed by atoms with Crippen LogP contribution in [0.5, 0.6) is 11.5 Å². The summed E-state index contributed by atoms with van der Waals surface area (Å²) < 4.78 is 0. The Hall–Kier alpha value is -1.71. The van der Waals surface area contributed by atoms with E-state index in [-0.39, 0.29) is 28.7 Å². The molecule has 0 aliphatic rings. The minimum atomic E-state index is -0.0912. The van der Waals surface area contributed by atoms with Gasteiger partial charge in [0.1, 0.15) is 11.5 Å². The molecular weight excluding hydrogens is 182 g/mol. The molecule has 0 atom stereocenters. The summed E-state index contributed by atoms with van der Waals surface area (Å²) in [4.78, 5) is 0. The minimum absolute atomic E-state index is 0.0841. The highest BCUT2D eigenvalue weighted by atomic mass is 16.4. The van der Waals surface area contributed by atoms with Crippen molar-refractivity contribution in [1.82, 2.24) is 0 Å². The molecule has 3 N–H and O–H groups in total. The van der Waals surface area contributed by atoms with Crippen molar-refractivity contribution in [2.75, 3.05) is 0 Å². The van der Waals surface area contributed by atoms with Gasteiger partial charge in [-0.3, -0.25) is 0 Å². The first kappa shape index (κ1) is 10.4. The summed E-state index contributed by atoms with van der Waals surface area (Å²) in [6.07, 6.45) is 0. The van der Waals surface area contributed by atoms with Gasteiger partial charge in [-0.2, -0.15) is 0 Å². The monoisotopic (exact) mass is 195 g/mol. The number of aromatic hydroxyl groups is 2. The zero-order valence-corrected chi connectivity index (χ0v) is 8.10. The fraction of sp³-hybridized carbons (Fsp3) is 0.300. The van der Waals surface area contributed by atoms with E-state index in [9.17, 15) is 10.2 Å². The van der Waals surface area contributed by atoms with Crippen molar-refractivity contribution < 1.29 is 15.4 Å². The molecule has 0 unspecified atom stereocenters. The van der Waals surface area contributed by atoms with Gasteiger partial charge in [0.15, 0.2) is 0 Å². The van der Waals surface area contributed by atoms with Gasteiger partial charge >= 0.3 is 0 Å². The average Bonchev–Trinajstić information content (AvgIpc) is 2.10. The fourth-order valence-electron chi connectivity index (χ4n) is 1.24. The van der Waals surface area contributed by atoms with E-state index in [1.807, 2.05) is 0 Å². The van der Waals surface area contributed by atoms with Crippen LogP contribution in [0.2, 0.25) is 0 Å². The first-order valence-electron chi connectivity index (χ1n) is 4.31. The molecule has 0 bridgehead atoms. The van der Waals surface area contributed by atoms with Gasteiger partial charge in [-0.25, -0.2) is 0 Å². The SMILES string of the molecule is CC(C)C(=NO)c1c(O)cccc1O. The Labute approximate surface area is 82.1 Å². The van der Waals surface area contributed by atoms with Gasteiger partial charge in [0, 0.05) is 0 Å². The number of phenolic OH excluding ortho intramolecular Hbond substituents is 2. The molecule has 4 nitrogen and oxygen atoms in total. The summed E-state index contributed by atoms with van der Waals surface area (Å²) in [5, 5.41) is 30.8. The average molecular weight is 195 g/mol. The van der Waals surface area contributed by atoms with Gasteiger partial charge in [0.05, 0.1) is 11.3 Å². The molecule has 0 saturated heterocycles. The van der Waals surface area contributed by atoms with Gasteiger partial charge in [-0.05, 0) is 18.1 Å². The van der Waals surface area contributed by atoms with Gasteiger partial charge < -0.3 is 15.4 Å². The van der Waals surface area contributed by atoms with E-state index in [4.69, 9.17) is 5.21 Å². The summed E-state index contributed by atoms with van der Waals surface area (Å²) in [6.45, 7) is 3.61. The lowest BCUT2D eigenvalue weighted by Gasteiger charge is -2.11. The standard InChI is InChI=1S/C10H13NO3/c1-6(2)10(11-14)9-7(12)4-3-5-8(9)13/h3-6,12-14H,1-2H3. The Balaban J connectivity index is 3.30. The molecule has 0 radical (unpaired) electrons. The maximum atomic E-state index is 9.49. The molecule has 0 aliphatic heterocycles. The van der Waals surface area contributed by atoms with Crippen LogP contribution in [0, 0.1) is 5.92 Å². The normalized spacial score (nSPS) is 12.1. The third kappa shape index (κ3) is 1.79. The molecule has 0 fully saturated rings. The van der Waals surface area contributed by atoms with E-state index in [0.29, 0.717) is 0 Å². The van der Waals surface area contributed by atoms with Crippen LogP contribution in [0.3, 0.4) is 0 Å². The lowest BCUT2D eigenvalue weighted by atomic mass is 9.98. The second-order valence-electron chi connectivity index (χ2n) is 3.31. The van der Waals surface area contributed by atoms with Gasteiger partial charge in [0.25, 0.3) is 0 Å². The molecule has 14 heavy (non-hydrogen) atoms. The summed E-state index contributed by atoms with van der Waals surface area (Å²) in [5.41, 5.74) is 0.450. The van der Waals surface area contributed by atoms with E-state index < -0.39 is 0 Å². The number of nitrogens with zero attached hydrogens (tertiary/aromatic N) is 1. The molecule has 0 heterocycles. The second kappa shape index (κ2) is 4.00. The van der Waals surface area contributed by atoms with Crippen molar-refractivity contribution in [1.29, 1.82) is 0 Å². The van der Waals surface area contributed by atoms with Crippen LogP contribution in [0.1, 0.15) is 19.4 Å². The number of benzene rings is 1. The highest BCUT2D eigenvalue weighted by Gasteiger charge is 2.17. The van der Waals surface area contributed by atoms with Crippen LogP contribution in [0.15, 0.2) is 23.4 Å².